The lowest BCUT2D eigenvalue weighted by Gasteiger charge is -2.34. The Balaban J connectivity index is 2.03. The molecule has 0 aromatic heterocycles. The molecule has 0 atom stereocenters. The highest BCUT2D eigenvalue weighted by Crippen LogP contribution is 2.30. The molecule has 2 rings (SSSR count). The summed E-state index contributed by atoms with van der Waals surface area (Å²) in [6.45, 7) is 1.69. The van der Waals surface area contributed by atoms with Gasteiger partial charge in [0.2, 0.25) is 0 Å². The van der Waals surface area contributed by atoms with E-state index in [4.69, 9.17) is 5.73 Å². The second-order valence-corrected chi connectivity index (χ2v) is 4.88. The zero-order valence-corrected chi connectivity index (χ0v) is 9.75. The zero-order valence-electron chi connectivity index (χ0n) is 9.75. The highest BCUT2D eigenvalue weighted by atomic mass is 19.1. The highest BCUT2D eigenvalue weighted by molar-refractivity contribution is 5.41. The SMILES string of the molecule is CN1CCC(F)(Cc2cccc(N)c2)CC1. The van der Waals surface area contributed by atoms with Gasteiger partial charge in [-0.1, -0.05) is 12.1 Å². The van der Waals surface area contributed by atoms with Crippen molar-refractivity contribution in [1.82, 2.24) is 4.90 Å². The van der Waals surface area contributed by atoms with Crippen molar-refractivity contribution in [3.05, 3.63) is 29.8 Å². The number of nitrogens with zero attached hydrogens (tertiary/aromatic N) is 1. The lowest BCUT2D eigenvalue weighted by atomic mass is 9.87. The molecule has 1 aliphatic heterocycles. The van der Waals surface area contributed by atoms with Crippen molar-refractivity contribution in [1.29, 1.82) is 0 Å². The van der Waals surface area contributed by atoms with Crippen LogP contribution in [-0.4, -0.2) is 30.7 Å². The molecule has 0 aliphatic carbocycles. The largest absolute Gasteiger partial charge is 0.399 e. The van der Waals surface area contributed by atoms with Crippen molar-refractivity contribution in [2.24, 2.45) is 0 Å². The molecule has 0 radical (unpaired) electrons. The predicted octanol–water partition coefficient (Wildman–Crippen LogP) is 2.25. The van der Waals surface area contributed by atoms with E-state index in [0.29, 0.717) is 24.9 Å². The number of piperidine rings is 1. The molecule has 1 aliphatic rings. The fourth-order valence-electron chi connectivity index (χ4n) is 2.26. The number of rotatable bonds is 2. The number of alkyl halides is 1. The molecule has 2 nitrogen and oxygen atoms in total. The van der Waals surface area contributed by atoms with Gasteiger partial charge in [0.25, 0.3) is 0 Å². The van der Waals surface area contributed by atoms with Crippen molar-refractivity contribution in [3.8, 4) is 0 Å². The van der Waals surface area contributed by atoms with Gasteiger partial charge in [0.15, 0.2) is 0 Å². The fraction of sp³-hybridized carbons (Fsp3) is 0.538. The van der Waals surface area contributed by atoms with Crippen LogP contribution in [0.5, 0.6) is 0 Å². The molecule has 2 N–H and O–H groups in total. The topological polar surface area (TPSA) is 29.3 Å². The van der Waals surface area contributed by atoms with Crippen molar-refractivity contribution in [2.45, 2.75) is 24.9 Å². The summed E-state index contributed by atoms with van der Waals surface area (Å²) in [6.07, 6.45) is 1.74. The van der Waals surface area contributed by atoms with E-state index in [-0.39, 0.29) is 0 Å². The number of hydrogen-bond acceptors (Lipinski definition) is 2. The highest BCUT2D eigenvalue weighted by Gasteiger charge is 2.33. The number of nitrogen functional groups attached to an aromatic ring is 1. The molecule has 16 heavy (non-hydrogen) atoms. The maximum Gasteiger partial charge on any atom is 0.117 e. The fourth-order valence-corrected chi connectivity index (χ4v) is 2.26. The first-order chi connectivity index (χ1) is 7.57. The van der Waals surface area contributed by atoms with Crippen LogP contribution in [0.25, 0.3) is 0 Å². The molecular formula is C13H19FN2. The van der Waals surface area contributed by atoms with E-state index in [0.717, 1.165) is 18.7 Å². The molecule has 88 valence electrons. The van der Waals surface area contributed by atoms with E-state index < -0.39 is 5.67 Å². The molecule has 1 aromatic carbocycles. The van der Waals surface area contributed by atoms with Gasteiger partial charge in [-0.25, -0.2) is 4.39 Å². The minimum atomic E-state index is -1.04. The van der Waals surface area contributed by atoms with Crippen molar-refractivity contribution in [3.63, 3.8) is 0 Å². The van der Waals surface area contributed by atoms with Gasteiger partial charge < -0.3 is 10.6 Å². The van der Waals surface area contributed by atoms with Crippen molar-refractivity contribution < 1.29 is 4.39 Å². The molecule has 1 fully saturated rings. The molecule has 0 unspecified atom stereocenters. The zero-order chi connectivity index (χ0) is 11.6. The van der Waals surface area contributed by atoms with Crippen LogP contribution in [0.4, 0.5) is 10.1 Å². The molecule has 1 heterocycles. The number of likely N-dealkylation sites (tertiary alicyclic amines) is 1. The Morgan fingerprint density at radius 1 is 1.38 bits per heavy atom. The van der Waals surface area contributed by atoms with Crippen LogP contribution in [0.15, 0.2) is 24.3 Å². The Labute approximate surface area is 96.2 Å². The van der Waals surface area contributed by atoms with Crippen molar-refractivity contribution in [2.75, 3.05) is 25.9 Å². The van der Waals surface area contributed by atoms with Crippen LogP contribution in [0.3, 0.4) is 0 Å². The molecule has 3 heteroatoms. The van der Waals surface area contributed by atoms with E-state index in [1.165, 1.54) is 0 Å². The van der Waals surface area contributed by atoms with Crippen molar-refractivity contribution >= 4 is 5.69 Å². The number of nitrogens with two attached hydrogens (primary N) is 1. The minimum absolute atomic E-state index is 0.492. The summed E-state index contributed by atoms with van der Waals surface area (Å²) in [5.74, 6) is 0. The number of hydrogen-bond donors (Lipinski definition) is 1. The molecule has 0 spiro atoms. The Morgan fingerprint density at radius 2 is 2.06 bits per heavy atom. The third-order valence-corrected chi connectivity index (χ3v) is 3.36. The quantitative estimate of drug-likeness (QED) is 0.778. The second kappa shape index (κ2) is 4.42. The van der Waals surface area contributed by atoms with Crippen LogP contribution in [0.1, 0.15) is 18.4 Å². The minimum Gasteiger partial charge on any atom is -0.399 e. The molecule has 1 saturated heterocycles. The molecule has 0 bridgehead atoms. The number of halogens is 1. The lowest BCUT2D eigenvalue weighted by molar-refractivity contribution is 0.0698. The number of benzene rings is 1. The molecular weight excluding hydrogens is 203 g/mol. The van der Waals surface area contributed by atoms with Crippen LogP contribution < -0.4 is 5.73 Å². The summed E-state index contributed by atoms with van der Waals surface area (Å²) in [5.41, 5.74) is 6.38. The summed E-state index contributed by atoms with van der Waals surface area (Å²) in [7, 11) is 2.04. The smallest absolute Gasteiger partial charge is 0.117 e. The molecule has 0 amide bonds. The van der Waals surface area contributed by atoms with E-state index in [1.54, 1.807) is 0 Å². The van der Waals surface area contributed by atoms with Crippen LogP contribution >= 0.6 is 0 Å². The first kappa shape index (κ1) is 11.4. The Bertz CT molecular complexity index is 357. The van der Waals surface area contributed by atoms with E-state index in [9.17, 15) is 4.39 Å². The second-order valence-electron chi connectivity index (χ2n) is 4.88. The maximum atomic E-state index is 14.5. The van der Waals surface area contributed by atoms with Gasteiger partial charge in [0.05, 0.1) is 0 Å². The van der Waals surface area contributed by atoms with Gasteiger partial charge in [-0.3, -0.25) is 0 Å². The summed E-state index contributed by atoms with van der Waals surface area (Å²) < 4.78 is 14.5. The van der Waals surface area contributed by atoms with Gasteiger partial charge in [-0.15, -0.1) is 0 Å². The maximum absolute atomic E-state index is 14.5. The Hall–Kier alpha value is -1.09. The third-order valence-electron chi connectivity index (χ3n) is 3.36. The summed E-state index contributed by atoms with van der Waals surface area (Å²) in [6, 6.07) is 7.56. The summed E-state index contributed by atoms with van der Waals surface area (Å²) in [5, 5.41) is 0. The number of anilines is 1. The van der Waals surface area contributed by atoms with Gasteiger partial charge in [0, 0.05) is 25.2 Å². The monoisotopic (exact) mass is 222 g/mol. The van der Waals surface area contributed by atoms with Gasteiger partial charge in [0.1, 0.15) is 5.67 Å². The average Bonchev–Trinajstić information content (AvgIpc) is 2.23. The van der Waals surface area contributed by atoms with E-state index in [2.05, 4.69) is 4.90 Å². The summed E-state index contributed by atoms with van der Waals surface area (Å²) in [4.78, 5) is 2.18. The first-order valence-corrected chi connectivity index (χ1v) is 5.79. The van der Waals surface area contributed by atoms with Crippen LogP contribution in [0, 0.1) is 0 Å². The third kappa shape index (κ3) is 2.73. The van der Waals surface area contributed by atoms with Gasteiger partial charge >= 0.3 is 0 Å². The van der Waals surface area contributed by atoms with Crippen LogP contribution in [0.2, 0.25) is 0 Å². The van der Waals surface area contributed by atoms with Gasteiger partial charge in [-0.05, 0) is 37.6 Å². The molecule has 0 saturated carbocycles. The standard InChI is InChI=1S/C13H19FN2/c1-16-7-5-13(14,6-8-16)10-11-3-2-4-12(15)9-11/h2-4,9H,5-8,10,15H2,1H3. The molecule has 1 aromatic rings. The first-order valence-electron chi connectivity index (χ1n) is 5.79. The Kier molecular flexibility index (Phi) is 3.15. The van der Waals surface area contributed by atoms with E-state index in [1.807, 2.05) is 31.3 Å². The lowest BCUT2D eigenvalue weighted by Crippen LogP contribution is -2.41. The van der Waals surface area contributed by atoms with Gasteiger partial charge in [-0.2, -0.15) is 0 Å². The van der Waals surface area contributed by atoms with E-state index >= 15 is 0 Å². The van der Waals surface area contributed by atoms with Crippen LogP contribution in [-0.2, 0) is 6.42 Å². The normalized spacial score (nSPS) is 20.9. The predicted molar refractivity (Wildman–Crippen MR) is 65.1 cm³/mol. The Morgan fingerprint density at radius 3 is 2.69 bits per heavy atom. The summed E-state index contributed by atoms with van der Waals surface area (Å²) >= 11 is 0. The average molecular weight is 222 g/mol.